The molecule has 1 aromatic carbocycles. The van der Waals surface area contributed by atoms with E-state index in [0.29, 0.717) is 11.8 Å². The molecule has 0 aliphatic heterocycles. The van der Waals surface area contributed by atoms with Gasteiger partial charge in [0.1, 0.15) is 12.4 Å². The third kappa shape index (κ3) is 5.64. The molecule has 0 saturated heterocycles. The summed E-state index contributed by atoms with van der Waals surface area (Å²) in [5, 5.41) is 14.3. The van der Waals surface area contributed by atoms with Gasteiger partial charge in [-0.1, -0.05) is 41.8 Å². The Bertz CT molecular complexity index is 720. The Morgan fingerprint density at radius 2 is 2.22 bits per heavy atom. The fourth-order valence-corrected chi connectivity index (χ4v) is 2.29. The second kappa shape index (κ2) is 8.80. The lowest BCUT2D eigenvalue weighted by Crippen LogP contribution is -2.25. The molecule has 120 valence electrons. The van der Waals surface area contributed by atoms with Crippen molar-refractivity contribution in [1.82, 2.24) is 25.5 Å². The fourth-order valence-electron chi connectivity index (χ4n) is 1.61. The first-order chi connectivity index (χ1) is 11.2. The molecule has 1 aromatic heterocycles. The monoisotopic (exact) mass is 331 g/mol. The van der Waals surface area contributed by atoms with Crippen LogP contribution in [-0.4, -0.2) is 45.0 Å². The summed E-state index contributed by atoms with van der Waals surface area (Å²) in [6, 6.07) is 7.75. The molecule has 0 saturated carbocycles. The molecule has 1 N–H and O–H groups in total. The summed E-state index contributed by atoms with van der Waals surface area (Å²) in [4.78, 5) is 11.6. The van der Waals surface area contributed by atoms with Crippen LogP contribution in [0.4, 0.5) is 0 Å². The highest BCUT2D eigenvalue weighted by atomic mass is 32.2. The summed E-state index contributed by atoms with van der Waals surface area (Å²) >= 11 is 1.27. The molecule has 0 aliphatic rings. The highest BCUT2D eigenvalue weighted by molar-refractivity contribution is 7.99. The predicted octanol–water partition coefficient (Wildman–Crippen LogP) is 0.809. The molecular formula is C15H17N5O2S. The lowest BCUT2D eigenvalue weighted by Gasteiger charge is -2.04. The number of aryl methyl sites for hydroxylation is 2. The normalized spacial score (nSPS) is 9.83. The van der Waals surface area contributed by atoms with Gasteiger partial charge in [0, 0.05) is 7.05 Å². The summed E-state index contributed by atoms with van der Waals surface area (Å²) in [5.74, 6) is 6.66. The minimum atomic E-state index is -0.118. The first-order valence-electron chi connectivity index (χ1n) is 6.93. The number of hydrogen-bond acceptors (Lipinski definition) is 6. The maximum atomic E-state index is 11.6. The van der Waals surface area contributed by atoms with Crippen molar-refractivity contribution in [2.24, 2.45) is 7.05 Å². The van der Waals surface area contributed by atoms with Gasteiger partial charge in [-0.25, -0.2) is 4.68 Å². The number of hydrogen-bond donors (Lipinski definition) is 1. The second-order valence-electron chi connectivity index (χ2n) is 4.56. The smallest absolute Gasteiger partial charge is 0.231 e. The third-order valence-corrected chi connectivity index (χ3v) is 3.82. The van der Waals surface area contributed by atoms with E-state index in [2.05, 4.69) is 32.7 Å². The average Bonchev–Trinajstić information content (AvgIpc) is 2.95. The van der Waals surface area contributed by atoms with E-state index >= 15 is 0 Å². The molecule has 0 atom stereocenters. The van der Waals surface area contributed by atoms with Gasteiger partial charge in [0.15, 0.2) is 0 Å². The van der Waals surface area contributed by atoms with Gasteiger partial charge in [-0.3, -0.25) is 4.79 Å². The van der Waals surface area contributed by atoms with Gasteiger partial charge in [-0.15, -0.1) is 5.10 Å². The van der Waals surface area contributed by atoms with Crippen molar-refractivity contribution in [1.29, 1.82) is 0 Å². The summed E-state index contributed by atoms with van der Waals surface area (Å²) in [6.07, 6.45) is 0. The molecule has 8 heteroatoms. The van der Waals surface area contributed by atoms with Crippen molar-refractivity contribution in [3.8, 4) is 17.6 Å². The zero-order valence-electron chi connectivity index (χ0n) is 12.9. The van der Waals surface area contributed by atoms with Crippen LogP contribution in [0.3, 0.4) is 0 Å². The predicted molar refractivity (Wildman–Crippen MR) is 87.0 cm³/mol. The van der Waals surface area contributed by atoms with Crippen LogP contribution in [0.5, 0.6) is 5.75 Å². The molecule has 2 rings (SSSR count). The number of carbonyl (C=O) groups excluding carboxylic acids is 1. The average molecular weight is 331 g/mol. The Morgan fingerprint density at radius 3 is 2.96 bits per heavy atom. The number of tetrazole rings is 1. The van der Waals surface area contributed by atoms with Crippen LogP contribution in [0.2, 0.25) is 0 Å². The maximum absolute atomic E-state index is 11.6. The summed E-state index contributed by atoms with van der Waals surface area (Å²) in [7, 11) is 1.72. The maximum Gasteiger partial charge on any atom is 0.231 e. The number of thioether (sulfide) groups is 1. The van der Waals surface area contributed by atoms with Crippen molar-refractivity contribution >= 4 is 17.7 Å². The highest BCUT2D eigenvalue weighted by Crippen LogP contribution is 2.15. The van der Waals surface area contributed by atoms with Crippen molar-refractivity contribution < 1.29 is 9.53 Å². The van der Waals surface area contributed by atoms with Crippen molar-refractivity contribution in [2.45, 2.75) is 12.1 Å². The lowest BCUT2D eigenvalue weighted by molar-refractivity contribution is -0.118. The van der Waals surface area contributed by atoms with Crippen LogP contribution in [0.15, 0.2) is 29.4 Å². The van der Waals surface area contributed by atoms with E-state index in [4.69, 9.17) is 4.74 Å². The largest absolute Gasteiger partial charge is 0.481 e. The number of para-hydroxylation sites is 1. The molecule has 0 bridgehead atoms. The Morgan fingerprint density at radius 1 is 1.39 bits per heavy atom. The number of aromatic nitrogens is 4. The van der Waals surface area contributed by atoms with E-state index in [9.17, 15) is 4.79 Å². The number of nitrogens with zero attached hydrogens (tertiary/aromatic N) is 4. The standard InChI is InChI=1S/C15H17N5O2S/c1-12-7-3-4-8-13(12)22-10-6-5-9-16-14(21)11-23-15-17-18-19-20(15)2/h3-4,7-8H,9-11H2,1-2H3,(H,16,21). The Labute approximate surface area is 138 Å². The van der Waals surface area contributed by atoms with Gasteiger partial charge in [0.05, 0.1) is 12.3 Å². The zero-order chi connectivity index (χ0) is 16.5. The third-order valence-electron chi connectivity index (χ3n) is 2.81. The minimum absolute atomic E-state index is 0.118. The molecule has 0 radical (unpaired) electrons. The quantitative estimate of drug-likeness (QED) is 0.623. The number of rotatable bonds is 6. The Balaban J connectivity index is 1.62. The van der Waals surface area contributed by atoms with Gasteiger partial charge < -0.3 is 10.1 Å². The molecule has 1 amide bonds. The zero-order valence-corrected chi connectivity index (χ0v) is 13.8. The Kier molecular flexibility index (Phi) is 6.44. The first kappa shape index (κ1) is 16.8. The number of benzene rings is 1. The van der Waals surface area contributed by atoms with E-state index in [1.807, 2.05) is 31.2 Å². The number of nitrogens with one attached hydrogen (secondary N) is 1. The number of ether oxygens (including phenoxy) is 1. The van der Waals surface area contributed by atoms with E-state index in [1.165, 1.54) is 16.4 Å². The van der Waals surface area contributed by atoms with Crippen molar-refractivity contribution in [2.75, 3.05) is 18.9 Å². The van der Waals surface area contributed by atoms with Crippen LogP contribution in [0, 0.1) is 18.8 Å². The molecule has 0 spiro atoms. The molecule has 0 unspecified atom stereocenters. The number of amides is 1. The number of carbonyl (C=O) groups is 1. The van der Waals surface area contributed by atoms with Gasteiger partial charge in [-0.2, -0.15) is 0 Å². The van der Waals surface area contributed by atoms with E-state index in [0.717, 1.165) is 11.3 Å². The molecule has 7 nitrogen and oxygen atoms in total. The fraction of sp³-hybridized carbons (Fsp3) is 0.333. The molecule has 0 fully saturated rings. The topological polar surface area (TPSA) is 81.9 Å². The first-order valence-corrected chi connectivity index (χ1v) is 7.91. The van der Waals surface area contributed by atoms with E-state index in [-0.39, 0.29) is 18.2 Å². The minimum Gasteiger partial charge on any atom is -0.481 e. The summed E-state index contributed by atoms with van der Waals surface area (Å²) in [5.41, 5.74) is 1.07. The lowest BCUT2D eigenvalue weighted by atomic mass is 10.2. The van der Waals surface area contributed by atoms with Crippen LogP contribution in [0.25, 0.3) is 0 Å². The molecule has 0 aliphatic carbocycles. The highest BCUT2D eigenvalue weighted by Gasteiger charge is 2.06. The molecule has 23 heavy (non-hydrogen) atoms. The van der Waals surface area contributed by atoms with Gasteiger partial charge in [0.2, 0.25) is 11.1 Å². The van der Waals surface area contributed by atoms with Crippen molar-refractivity contribution in [3.05, 3.63) is 29.8 Å². The molecular weight excluding hydrogens is 314 g/mol. The van der Waals surface area contributed by atoms with E-state index in [1.54, 1.807) is 7.05 Å². The SMILES string of the molecule is Cc1ccccc1OCC#CCNC(=O)CSc1nnnn1C. The second-order valence-corrected chi connectivity index (χ2v) is 5.50. The molecule has 1 heterocycles. The van der Waals surface area contributed by atoms with Gasteiger partial charge >= 0.3 is 0 Å². The summed E-state index contributed by atoms with van der Waals surface area (Å²) in [6.45, 7) is 2.56. The van der Waals surface area contributed by atoms with E-state index < -0.39 is 0 Å². The Hall–Kier alpha value is -2.53. The van der Waals surface area contributed by atoms with Crippen LogP contribution >= 0.6 is 11.8 Å². The van der Waals surface area contributed by atoms with Crippen LogP contribution in [0.1, 0.15) is 5.56 Å². The van der Waals surface area contributed by atoms with Crippen LogP contribution < -0.4 is 10.1 Å². The van der Waals surface area contributed by atoms with Crippen LogP contribution in [-0.2, 0) is 11.8 Å². The summed E-state index contributed by atoms with van der Waals surface area (Å²) < 4.78 is 7.05. The van der Waals surface area contributed by atoms with Crippen molar-refractivity contribution in [3.63, 3.8) is 0 Å². The van der Waals surface area contributed by atoms with Gasteiger partial charge in [-0.05, 0) is 29.0 Å². The molecule has 2 aromatic rings. The van der Waals surface area contributed by atoms with Gasteiger partial charge in [0.25, 0.3) is 0 Å².